The third kappa shape index (κ3) is 2.83. The summed E-state index contributed by atoms with van der Waals surface area (Å²) in [5, 5.41) is 3.37. The van der Waals surface area contributed by atoms with Gasteiger partial charge < -0.3 is 14.8 Å². The van der Waals surface area contributed by atoms with Crippen molar-refractivity contribution in [3.05, 3.63) is 95.1 Å². The van der Waals surface area contributed by atoms with Crippen molar-refractivity contribution in [1.82, 2.24) is 4.98 Å². The van der Waals surface area contributed by atoms with Gasteiger partial charge in [0.2, 0.25) is 0 Å². The molecular weight excluding hydrogens is 344 g/mol. The molecule has 1 aliphatic heterocycles. The summed E-state index contributed by atoms with van der Waals surface area (Å²) >= 11 is 0. The van der Waals surface area contributed by atoms with Crippen LogP contribution in [0.15, 0.2) is 84.0 Å². The van der Waals surface area contributed by atoms with E-state index in [1.807, 2.05) is 12.3 Å². The van der Waals surface area contributed by atoms with Gasteiger partial charge in [-0.25, -0.2) is 0 Å². The maximum absolute atomic E-state index is 5.10. The zero-order chi connectivity index (χ0) is 19.1. The number of nitrogens with one attached hydrogen (secondary N) is 1. The van der Waals surface area contributed by atoms with Crippen LogP contribution in [-0.2, 0) is 0 Å². The monoisotopic (exact) mass is 366 g/mol. The molecule has 4 nitrogen and oxygen atoms in total. The van der Waals surface area contributed by atoms with Crippen molar-refractivity contribution in [1.29, 1.82) is 0 Å². The molecule has 4 aromatic rings. The second-order valence-corrected chi connectivity index (χ2v) is 7.33. The number of anilines is 2. The Morgan fingerprint density at radius 1 is 0.929 bits per heavy atom. The summed E-state index contributed by atoms with van der Waals surface area (Å²) in [7, 11) is 4.12. The predicted molar refractivity (Wildman–Crippen MR) is 116 cm³/mol. The fourth-order valence-electron chi connectivity index (χ4n) is 3.73. The molecule has 0 spiro atoms. The van der Waals surface area contributed by atoms with E-state index in [-0.39, 0.29) is 6.17 Å². The minimum Gasteiger partial charge on any atom is -0.378 e. The quantitative estimate of drug-likeness (QED) is 0.598. The van der Waals surface area contributed by atoms with Gasteiger partial charge in [-0.2, -0.15) is 0 Å². The molecule has 1 aromatic heterocycles. The summed E-state index contributed by atoms with van der Waals surface area (Å²) in [5.74, 6) is 0. The van der Waals surface area contributed by atoms with Gasteiger partial charge in [0, 0.05) is 48.6 Å². The molecule has 0 fully saturated rings. The number of para-hydroxylation sites is 1. The van der Waals surface area contributed by atoms with Crippen LogP contribution in [0, 0.1) is 0 Å². The number of hydrogen-bond donors (Lipinski definition) is 1. The number of nitrogens with zero attached hydrogens (tertiary/aromatic N) is 3. The smallest absolute Gasteiger partial charge is 0.151 e. The topological polar surface area (TPSA) is 34.6 Å². The highest BCUT2D eigenvalue weighted by Gasteiger charge is 2.21. The highest BCUT2D eigenvalue weighted by atomic mass is 15.2. The van der Waals surface area contributed by atoms with Gasteiger partial charge >= 0.3 is 0 Å². The van der Waals surface area contributed by atoms with E-state index in [1.54, 1.807) is 0 Å². The highest BCUT2D eigenvalue weighted by Crippen LogP contribution is 2.32. The predicted octanol–water partition coefficient (Wildman–Crippen LogP) is 3.81. The molecule has 0 radical (unpaired) electrons. The number of hydrogen-bond acceptors (Lipinski definition) is 3. The third-order valence-corrected chi connectivity index (χ3v) is 5.28. The third-order valence-electron chi connectivity index (χ3n) is 5.28. The summed E-state index contributed by atoms with van der Waals surface area (Å²) in [4.78, 5) is 12.7. The van der Waals surface area contributed by atoms with E-state index >= 15 is 0 Å². The molecule has 1 unspecified atom stereocenters. The van der Waals surface area contributed by atoms with E-state index in [9.17, 15) is 0 Å². The van der Waals surface area contributed by atoms with Crippen molar-refractivity contribution in [3.8, 4) is 0 Å². The lowest BCUT2D eigenvalue weighted by Gasteiger charge is -2.31. The Balaban J connectivity index is 1.66. The minimum absolute atomic E-state index is 0.0978. The van der Waals surface area contributed by atoms with Crippen molar-refractivity contribution >= 4 is 28.5 Å². The van der Waals surface area contributed by atoms with Gasteiger partial charge in [0.25, 0.3) is 0 Å². The molecule has 4 heteroatoms. The first-order valence-electron chi connectivity index (χ1n) is 9.46. The summed E-state index contributed by atoms with van der Waals surface area (Å²) in [6, 6.07) is 25.6. The largest absolute Gasteiger partial charge is 0.378 e. The van der Waals surface area contributed by atoms with Crippen molar-refractivity contribution in [2.75, 3.05) is 23.9 Å². The Bertz CT molecular complexity index is 1250. The highest BCUT2D eigenvalue weighted by molar-refractivity contribution is 5.80. The van der Waals surface area contributed by atoms with Crippen LogP contribution in [0.3, 0.4) is 0 Å². The number of benzene rings is 3. The molecule has 0 aliphatic carbocycles. The Hall–Kier alpha value is -3.53. The van der Waals surface area contributed by atoms with Crippen LogP contribution in [0.2, 0.25) is 0 Å². The van der Waals surface area contributed by atoms with Crippen molar-refractivity contribution < 1.29 is 0 Å². The van der Waals surface area contributed by atoms with Gasteiger partial charge in [0.15, 0.2) is 6.17 Å². The van der Waals surface area contributed by atoms with E-state index in [4.69, 9.17) is 4.99 Å². The second-order valence-electron chi connectivity index (χ2n) is 7.33. The first kappa shape index (κ1) is 16.6. The van der Waals surface area contributed by atoms with Gasteiger partial charge in [-0.05, 0) is 59.5 Å². The zero-order valence-electron chi connectivity index (χ0n) is 16.0. The average Bonchev–Trinajstić information content (AvgIpc) is 3.21. The number of aromatic amines is 1. The van der Waals surface area contributed by atoms with E-state index in [2.05, 4.69) is 102 Å². The van der Waals surface area contributed by atoms with Crippen LogP contribution in [0.25, 0.3) is 17.1 Å². The average molecular weight is 366 g/mol. The fraction of sp³-hybridized carbons (Fsp3) is 0.125. The minimum atomic E-state index is -0.0978. The summed E-state index contributed by atoms with van der Waals surface area (Å²) < 4.78 is 0. The maximum atomic E-state index is 5.10. The van der Waals surface area contributed by atoms with Crippen molar-refractivity contribution in [3.63, 3.8) is 0 Å². The molecule has 2 heterocycles. The second kappa shape index (κ2) is 6.57. The van der Waals surface area contributed by atoms with Gasteiger partial charge in [0.05, 0.1) is 5.36 Å². The molecule has 5 rings (SSSR count). The van der Waals surface area contributed by atoms with E-state index in [1.165, 1.54) is 16.6 Å². The van der Waals surface area contributed by atoms with Crippen LogP contribution in [0.5, 0.6) is 0 Å². The van der Waals surface area contributed by atoms with Crippen LogP contribution in [0.4, 0.5) is 11.4 Å². The Labute approximate surface area is 164 Å². The molecule has 0 saturated heterocycles. The lowest BCUT2D eigenvalue weighted by atomic mass is 10.1. The van der Waals surface area contributed by atoms with Crippen LogP contribution in [-0.4, -0.2) is 19.1 Å². The Kier molecular flexibility index (Phi) is 3.90. The van der Waals surface area contributed by atoms with E-state index in [0.29, 0.717) is 0 Å². The van der Waals surface area contributed by atoms with Gasteiger partial charge in [-0.1, -0.05) is 24.3 Å². The molecule has 3 aromatic carbocycles. The molecule has 0 amide bonds. The van der Waals surface area contributed by atoms with Gasteiger partial charge in [-0.15, -0.1) is 0 Å². The molecule has 0 bridgehead atoms. The van der Waals surface area contributed by atoms with E-state index in [0.717, 1.165) is 21.8 Å². The normalized spacial score (nSPS) is 15.6. The summed E-state index contributed by atoms with van der Waals surface area (Å²) in [5.41, 5.74) is 4.63. The number of rotatable bonds is 3. The SMILES string of the molecule is CN(C)c1ccc(N2C=c3ccccc3=NC2c2ccc3[nH]ccc3c2)cc1. The van der Waals surface area contributed by atoms with Gasteiger partial charge in [-0.3, -0.25) is 4.99 Å². The molecular formula is C24H22N4. The van der Waals surface area contributed by atoms with Crippen molar-refractivity contribution in [2.45, 2.75) is 6.17 Å². The van der Waals surface area contributed by atoms with Crippen molar-refractivity contribution in [2.24, 2.45) is 4.99 Å². The Morgan fingerprint density at radius 2 is 1.75 bits per heavy atom. The standard InChI is InChI=1S/C24H22N4/c1-27(2)20-8-10-21(11-9-20)28-16-19-5-3-4-6-23(19)26-24(28)18-7-12-22-17(15-18)13-14-25-22/h3-16,24-25H,1-2H3. The first-order valence-corrected chi connectivity index (χ1v) is 9.46. The number of aromatic nitrogens is 1. The fourth-order valence-corrected chi connectivity index (χ4v) is 3.73. The van der Waals surface area contributed by atoms with Crippen LogP contribution in [0.1, 0.15) is 11.7 Å². The lowest BCUT2D eigenvalue weighted by Crippen LogP contribution is -2.37. The molecule has 1 atom stereocenters. The molecule has 1 aliphatic rings. The number of fused-ring (bicyclic) bond motifs is 2. The zero-order valence-corrected chi connectivity index (χ0v) is 16.0. The molecule has 28 heavy (non-hydrogen) atoms. The van der Waals surface area contributed by atoms with Gasteiger partial charge in [0.1, 0.15) is 0 Å². The molecule has 138 valence electrons. The van der Waals surface area contributed by atoms with Crippen LogP contribution >= 0.6 is 0 Å². The summed E-state index contributed by atoms with van der Waals surface area (Å²) in [6.45, 7) is 0. The maximum Gasteiger partial charge on any atom is 0.151 e. The summed E-state index contributed by atoms with van der Waals surface area (Å²) in [6.07, 6.45) is 4.09. The Morgan fingerprint density at radius 3 is 2.57 bits per heavy atom. The van der Waals surface area contributed by atoms with E-state index < -0.39 is 0 Å². The number of H-pyrrole nitrogens is 1. The lowest BCUT2D eigenvalue weighted by molar-refractivity contribution is 0.715. The van der Waals surface area contributed by atoms with Crippen LogP contribution < -0.4 is 20.4 Å². The first-order chi connectivity index (χ1) is 13.7. The molecule has 1 N–H and O–H groups in total. The molecule has 0 saturated carbocycles.